The summed E-state index contributed by atoms with van der Waals surface area (Å²) in [5.74, 6) is -0.263. The molecule has 0 unspecified atom stereocenters. The fraction of sp³-hybridized carbons (Fsp3) is 0.250. The fourth-order valence-electron chi connectivity index (χ4n) is 1.86. The van der Waals surface area contributed by atoms with Gasteiger partial charge in [-0.05, 0) is 36.1 Å². The van der Waals surface area contributed by atoms with Crippen LogP contribution in [-0.4, -0.2) is 25.6 Å². The Morgan fingerprint density at radius 2 is 2.09 bits per heavy atom. The van der Waals surface area contributed by atoms with Gasteiger partial charge in [0.1, 0.15) is 5.75 Å². The van der Waals surface area contributed by atoms with E-state index in [1.54, 1.807) is 12.1 Å². The average molecular weight is 319 g/mol. The lowest BCUT2D eigenvalue weighted by Gasteiger charge is -2.11. The van der Waals surface area contributed by atoms with Crippen molar-refractivity contribution < 1.29 is 19.1 Å². The highest BCUT2D eigenvalue weighted by atomic mass is 32.1. The van der Waals surface area contributed by atoms with Crippen LogP contribution in [-0.2, 0) is 20.7 Å². The van der Waals surface area contributed by atoms with E-state index in [9.17, 15) is 9.59 Å². The molecule has 0 atom stereocenters. The summed E-state index contributed by atoms with van der Waals surface area (Å²) in [6.45, 7) is 1.59. The second-order valence-corrected chi connectivity index (χ2v) is 5.70. The first-order valence-electron chi connectivity index (χ1n) is 6.71. The summed E-state index contributed by atoms with van der Waals surface area (Å²) in [6, 6.07) is 9.17. The molecule has 1 amide bonds. The third-order valence-electron chi connectivity index (χ3n) is 2.89. The molecule has 0 aliphatic heterocycles. The van der Waals surface area contributed by atoms with Crippen molar-refractivity contribution in [3.05, 3.63) is 46.2 Å². The van der Waals surface area contributed by atoms with Crippen molar-refractivity contribution in [2.45, 2.75) is 13.3 Å². The van der Waals surface area contributed by atoms with E-state index in [0.717, 1.165) is 10.4 Å². The molecule has 5 nitrogen and oxygen atoms in total. The molecule has 1 N–H and O–H groups in total. The Kier molecular flexibility index (Phi) is 5.55. The Bertz CT molecular complexity index is 652. The highest BCUT2D eigenvalue weighted by molar-refractivity contribution is 7.10. The lowest BCUT2D eigenvalue weighted by molar-refractivity contribution is -0.146. The Hall–Kier alpha value is -2.34. The second-order valence-electron chi connectivity index (χ2n) is 4.67. The summed E-state index contributed by atoms with van der Waals surface area (Å²) in [5.41, 5.74) is 1.55. The summed E-state index contributed by atoms with van der Waals surface area (Å²) in [7, 11) is 1.53. The minimum Gasteiger partial charge on any atom is -0.495 e. The van der Waals surface area contributed by atoms with Crippen LogP contribution < -0.4 is 10.1 Å². The van der Waals surface area contributed by atoms with Crippen molar-refractivity contribution in [3.8, 4) is 5.75 Å². The van der Waals surface area contributed by atoms with Crippen LogP contribution in [0.3, 0.4) is 0 Å². The summed E-state index contributed by atoms with van der Waals surface area (Å²) < 4.78 is 10.1. The van der Waals surface area contributed by atoms with Crippen molar-refractivity contribution in [3.63, 3.8) is 0 Å². The van der Waals surface area contributed by atoms with Crippen LogP contribution in [0.1, 0.15) is 10.4 Å². The van der Waals surface area contributed by atoms with Gasteiger partial charge in [-0.15, -0.1) is 11.3 Å². The lowest BCUT2D eigenvalue weighted by Crippen LogP contribution is -2.21. The molecule has 2 aromatic rings. The first kappa shape index (κ1) is 16.0. The lowest BCUT2D eigenvalue weighted by atomic mass is 10.2. The number of rotatable bonds is 6. The molecule has 0 saturated heterocycles. The van der Waals surface area contributed by atoms with Crippen LogP contribution in [0.4, 0.5) is 5.69 Å². The SMILES string of the molecule is COc1ccc(C)cc1NC(=O)COC(=O)Cc1cccs1. The smallest absolute Gasteiger partial charge is 0.311 e. The number of benzene rings is 1. The van der Waals surface area contributed by atoms with E-state index in [1.165, 1.54) is 18.4 Å². The quantitative estimate of drug-likeness (QED) is 0.832. The number of aryl methyl sites for hydroxylation is 1. The van der Waals surface area contributed by atoms with Crippen molar-refractivity contribution in [1.82, 2.24) is 0 Å². The van der Waals surface area contributed by atoms with Crippen molar-refractivity contribution in [1.29, 1.82) is 0 Å². The number of hydrogen-bond acceptors (Lipinski definition) is 5. The number of esters is 1. The maximum atomic E-state index is 11.9. The van der Waals surface area contributed by atoms with E-state index in [4.69, 9.17) is 9.47 Å². The molecule has 0 aliphatic rings. The zero-order chi connectivity index (χ0) is 15.9. The molecule has 0 saturated carbocycles. The largest absolute Gasteiger partial charge is 0.495 e. The van der Waals surface area contributed by atoms with Gasteiger partial charge in [-0.1, -0.05) is 12.1 Å². The zero-order valence-corrected chi connectivity index (χ0v) is 13.2. The van der Waals surface area contributed by atoms with Gasteiger partial charge in [0.15, 0.2) is 6.61 Å². The first-order valence-corrected chi connectivity index (χ1v) is 7.59. The second kappa shape index (κ2) is 7.61. The van der Waals surface area contributed by atoms with Gasteiger partial charge in [0.25, 0.3) is 5.91 Å². The Labute approximate surface area is 132 Å². The molecule has 1 aromatic heterocycles. The van der Waals surface area contributed by atoms with E-state index < -0.39 is 11.9 Å². The Morgan fingerprint density at radius 3 is 2.77 bits per heavy atom. The summed E-state index contributed by atoms with van der Waals surface area (Å²) in [6.07, 6.45) is 0.179. The molecule has 0 fully saturated rings. The van der Waals surface area contributed by atoms with Crippen molar-refractivity contribution in [2.24, 2.45) is 0 Å². The minimum atomic E-state index is -0.422. The molecule has 2 rings (SSSR count). The van der Waals surface area contributed by atoms with Crippen LogP contribution in [0, 0.1) is 6.92 Å². The van der Waals surface area contributed by atoms with Crippen LogP contribution in [0.5, 0.6) is 5.75 Å². The van der Waals surface area contributed by atoms with E-state index in [1.807, 2.05) is 30.5 Å². The first-order chi connectivity index (χ1) is 10.6. The number of anilines is 1. The number of carbonyl (C=O) groups excluding carboxylic acids is 2. The Balaban J connectivity index is 1.85. The summed E-state index contributed by atoms with van der Waals surface area (Å²) in [4.78, 5) is 24.4. The fourth-order valence-corrected chi connectivity index (χ4v) is 2.55. The highest BCUT2D eigenvalue weighted by Gasteiger charge is 2.11. The molecule has 22 heavy (non-hydrogen) atoms. The molecule has 1 heterocycles. The van der Waals surface area contributed by atoms with Gasteiger partial charge < -0.3 is 14.8 Å². The van der Waals surface area contributed by atoms with E-state index in [0.29, 0.717) is 11.4 Å². The van der Waals surface area contributed by atoms with Crippen molar-refractivity contribution >= 4 is 28.9 Å². The number of nitrogens with one attached hydrogen (secondary N) is 1. The zero-order valence-electron chi connectivity index (χ0n) is 12.4. The standard InChI is InChI=1S/C16H17NO4S/c1-11-5-6-14(20-2)13(8-11)17-15(18)10-21-16(19)9-12-4-3-7-22-12/h3-8H,9-10H2,1-2H3,(H,17,18). The third-order valence-corrected chi connectivity index (χ3v) is 3.77. The maximum absolute atomic E-state index is 11.9. The molecule has 0 radical (unpaired) electrons. The van der Waals surface area contributed by atoms with E-state index in [-0.39, 0.29) is 13.0 Å². The predicted molar refractivity (Wildman–Crippen MR) is 85.3 cm³/mol. The summed E-state index contributed by atoms with van der Waals surface area (Å²) >= 11 is 1.48. The molecule has 1 aromatic carbocycles. The highest BCUT2D eigenvalue weighted by Crippen LogP contribution is 2.25. The van der Waals surface area contributed by atoms with Crippen molar-refractivity contribution in [2.75, 3.05) is 19.0 Å². The summed E-state index contributed by atoms with van der Waals surface area (Å²) in [5, 5.41) is 4.57. The van der Waals surface area contributed by atoms with Gasteiger partial charge in [0, 0.05) is 4.88 Å². The van der Waals surface area contributed by atoms with E-state index >= 15 is 0 Å². The van der Waals surface area contributed by atoms with Crippen LogP contribution in [0.25, 0.3) is 0 Å². The normalized spacial score (nSPS) is 10.1. The molecule has 0 aliphatic carbocycles. The maximum Gasteiger partial charge on any atom is 0.311 e. The van der Waals surface area contributed by atoms with Crippen LogP contribution >= 0.6 is 11.3 Å². The molecule has 0 spiro atoms. The van der Waals surface area contributed by atoms with E-state index in [2.05, 4.69) is 5.32 Å². The number of ether oxygens (including phenoxy) is 2. The van der Waals surface area contributed by atoms with Gasteiger partial charge >= 0.3 is 5.97 Å². The predicted octanol–water partition coefficient (Wildman–Crippen LogP) is 2.79. The number of methoxy groups -OCH3 is 1. The number of carbonyl (C=O) groups is 2. The number of amides is 1. The Morgan fingerprint density at radius 1 is 1.27 bits per heavy atom. The molecular weight excluding hydrogens is 302 g/mol. The van der Waals surface area contributed by atoms with Gasteiger partial charge in [-0.3, -0.25) is 9.59 Å². The van der Waals surface area contributed by atoms with Gasteiger partial charge in [-0.25, -0.2) is 0 Å². The van der Waals surface area contributed by atoms with Crippen LogP contribution in [0.15, 0.2) is 35.7 Å². The molecule has 0 bridgehead atoms. The average Bonchev–Trinajstić information content (AvgIpc) is 2.98. The minimum absolute atomic E-state index is 0.179. The monoisotopic (exact) mass is 319 g/mol. The van der Waals surface area contributed by atoms with Gasteiger partial charge in [0.05, 0.1) is 19.2 Å². The topological polar surface area (TPSA) is 64.6 Å². The number of hydrogen-bond donors (Lipinski definition) is 1. The molecular formula is C16H17NO4S. The van der Waals surface area contributed by atoms with Gasteiger partial charge in [0.2, 0.25) is 0 Å². The van der Waals surface area contributed by atoms with Crippen LogP contribution in [0.2, 0.25) is 0 Å². The molecule has 116 valence electrons. The number of thiophene rings is 1. The third kappa shape index (κ3) is 4.60. The van der Waals surface area contributed by atoms with Gasteiger partial charge in [-0.2, -0.15) is 0 Å². The molecule has 6 heteroatoms.